The van der Waals surface area contributed by atoms with Gasteiger partial charge >= 0.3 is 0 Å². The van der Waals surface area contributed by atoms with Crippen LogP contribution < -0.4 is 14.8 Å². The number of halogens is 3. The molecule has 3 aromatic carbocycles. The van der Waals surface area contributed by atoms with Gasteiger partial charge < -0.3 is 14.8 Å². The number of carbonyl (C=O) groups excluding carboxylic acids is 1. The Hall–Kier alpha value is -3.53. The second-order valence-electron chi connectivity index (χ2n) is 6.55. The van der Waals surface area contributed by atoms with Crippen LogP contribution in [-0.2, 0) is 11.4 Å². The standard InChI is InChI=1S/C24H17Cl2FN2O3/c1-31-22-12-15(10-17(13-28)24(30)29-19-8-6-18(25)7-9-19)11-20(26)23(22)32-14-16-4-2-3-5-21(16)27/h2-12H,14H2,1H3,(H,29,30)/b17-10-. The molecule has 32 heavy (non-hydrogen) atoms. The van der Waals surface area contributed by atoms with Crippen molar-refractivity contribution in [1.29, 1.82) is 5.26 Å². The van der Waals surface area contributed by atoms with Gasteiger partial charge in [-0.3, -0.25) is 4.79 Å². The van der Waals surface area contributed by atoms with Crippen LogP contribution in [0.15, 0.2) is 66.2 Å². The first-order chi connectivity index (χ1) is 15.4. The van der Waals surface area contributed by atoms with Crippen molar-refractivity contribution in [2.75, 3.05) is 12.4 Å². The van der Waals surface area contributed by atoms with Gasteiger partial charge in [-0.1, -0.05) is 41.4 Å². The third-order valence-electron chi connectivity index (χ3n) is 4.36. The number of rotatable bonds is 7. The number of hydrogen-bond acceptors (Lipinski definition) is 4. The van der Waals surface area contributed by atoms with E-state index in [-0.39, 0.29) is 28.7 Å². The number of ether oxygens (including phenoxy) is 2. The normalized spacial score (nSPS) is 10.9. The lowest BCUT2D eigenvalue weighted by atomic mass is 10.1. The van der Waals surface area contributed by atoms with Gasteiger partial charge in [-0.2, -0.15) is 5.26 Å². The Morgan fingerprint density at radius 2 is 1.88 bits per heavy atom. The van der Waals surface area contributed by atoms with E-state index in [1.165, 1.54) is 25.3 Å². The van der Waals surface area contributed by atoms with Crippen LogP contribution in [0.5, 0.6) is 11.5 Å². The quantitative estimate of drug-likeness (QED) is 0.326. The molecule has 0 aromatic heterocycles. The van der Waals surface area contributed by atoms with Crippen molar-refractivity contribution >= 4 is 40.9 Å². The van der Waals surface area contributed by atoms with Crippen molar-refractivity contribution in [3.05, 3.63) is 93.2 Å². The van der Waals surface area contributed by atoms with Crippen molar-refractivity contribution in [3.8, 4) is 17.6 Å². The van der Waals surface area contributed by atoms with Crippen LogP contribution in [-0.4, -0.2) is 13.0 Å². The summed E-state index contributed by atoms with van der Waals surface area (Å²) in [5.74, 6) is -0.494. The third kappa shape index (κ3) is 5.79. The van der Waals surface area contributed by atoms with E-state index in [4.69, 9.17) is 32.7 Å². The molecule has 0 aliphatic carbocycles. The predicted octanol–water partition coefficient (Wildman–Crippen LogP) is 6.27. The fourth-order valence-corrected chi connectivity index (χ4v) is 3.18. The molecule has 0 bridgehead atoms. The first-order valence-electron chi connectivity index (χ1n) is 9.33. The largest absolute Gasteiger partial charge is 0.493 e. The summed E-state index contributed by atoms with van der Waals surface area (Å²) in [5.41, 5.74) is 1.17. The van der Waals surface area contributed by atoms with Gasteiger partial charge in [0.1, 0.15) is 24.1 Å². The SMILES string of the molecule is COc1cc(/C=C(/C#N)C(=O)Nc2ccc(Cl)cc2)cc(Cl)c1OCc1ccccc1F. The van der Waals surface area contributed by atoms with Crippen LogP contribution in [0.3, 0.4) is 0 Å². The van der Waals surface area contributed by atoms with E-state index in [0.717, 1.165) is 0 Å². The molecule has 0 unspecified atom stereocenters. The Bertz CT molecular complexity index is 1200. The van der Waals surface area contributed by atoms with Gasteiger partial charge in [0.15, 0.2) is 11.5 Å². The number of hydrogen-bond donors (Lipinski definition) is 1. The molecule has 0 aliphatic heterocycles. The molecule has 8 heteroatoms. The van der Waals surface area contributed by atoms with E-state index in [0.29, 0.717) is 21.8 Å². The minimum absolute atomic E-state index is 0.0507. The van der Waals surface area contributed by atoms with Gasteiger partial charge in [-0.05, 0) is 54.1 Å². The molecule has 162 valence electrons. The molecule has 0 heterocycles. The maximum Gasteiger partial charge on any atom is 0.266 e. The molecule has 3 rings (SSSR count). The highest BCUT2D eigenvalue weighted by Gasteiger charge is 2.15. The summed E-state index contributed by atoms with van der Waals surface area (Å²) in [6.45, 7) is -0.0507. The fourth-order valence-electron chi connectivity index (χ4n) is 2.78. The van der Waals surface area contributed by atoms with Gasteiger partial charge in [-0.15, -0.1) is 0 Å². The Labute approximate surface area is 194 Å². The van der Waals surface area contributed by atoms with Crippen molar-refractivity contribution < 1.29 is 18.7 Å². The van der Waals surface area contributed by atoms with E-state index in [1.807, 2.05) is 6.07 Å². The predicted molar refractivity (Wildman–Crippen MR) is 122 cm³/mol. The first-order valence-corrected chi connectivity index (χ1v) is 10.1. The Morgan fingerprint density at radius 3 is 2.53 bits per heavy atom. The Kier molecular flexibility index (Phi) is 7.72. The molecule has 0 atom stereocenters. The number of anilines is 1. The van der Waals surface area contributed by atoms with Gasteiger partial charge in [-0.25, -0.2) is 4.39 Å². The van der Waals surface area contributed by atoms with Crippen LogP contribution in [0.4, 0.5) is 10.1 Å². The third-order valence-corrected chi connectivity index (χ3v) is 4.89. The van der Waals surface area contributed by atoms with E-state index in [9.17, 15) is 14.4 Å². The second kappa shape index (κ2) is 10.7. The smallest absolute Gasteiger partial charge is 0.266 e. The zero-order valence-corrected chi connectivity index (χ0v) is 18.4. The minimum Gasteiger partial charge on any atom is -0.493 e. The number of nitrogens with zero attached hydrogens (tertiary/aromatic N) is 1. The topological polar surface area (TPSA) is 71.3 Å². The monoisotopic (exact) mass is 470 g/mol. The van der Waals surface area contributed by atoms with Crippen molar-refractivity contribution in [1.82, 2.24) is 0 Å². The minimum atomic E-state index is -0.593. The van der Waals surface area contributed by atoms with Crippen LogP contribution in [0.1, 0.15) is 11.1 Å². The summed E-state index contributed by atoms with van der Waals surface area (Å²) in [5, 5.41) is 12.8. The van der Waals surface area contributed by atoms with Crippen LogP contribution in [0.2, 0.25) is 10.0 Å². The molecule has 1 amide bonds. The summed E-state index contributed by atoms with van der Waals surface area (Å²) in [4.78, 5) is 12.5. The number of nitriles is 1. The van der Waals surface area contributed by atoms with E-state index in [1.54, 1.807) is 48.5 Å². The number of amides is 1. The summed E-state index contributed by atoms with van der Waals surface area (Å²) in [7, 11) is 1.42. The molecule has 0 aliphatic rings. The lowest BCUT2D eigenvalue weighted by Crippen LogP contribution is -2.13. The molecule has 5 nitrogen and oxygen atoms in total. The highest BCUT2D eigenvalue weighted by atomic mass is 35.5. The maximum absolute atomic E-state index is 13.8. The number of benzene rings is 3. The lowest BCUT2D eigenvalue weighted by Gasteiger charge is -2.14. The van der Waals surface area contributed by atoms with Crippen molar-refractivity contribution in [2.24, 2.45) is 0 Å². The van der Waals surface area contributed by atoms with E-state index < -0.39 is 11.7 Å². The van der Waals surface area contributed by atoms with Gasteiger partial charge in [0.25, 0.3) is 5.91 Å². The highest BCUT2D eigenvalue weighted by Crippen LogP contribution is 2.37. The molecule has 3 aromatic rings. The van der Waals surface area contributed by atoms with E-state index >= 15 is 0 Å². The van der Waals surface area contributed by atoms with Gasteiger partial charge in [0.05, 0.1) is 12.1 Å². The van der Waals surface area contributed by atoms with Crippen LogP contribution in [0.25, 0.3) is 6.08 Å². The van der Waals surface area contributed by atoms with Crippen molar-refractivity contribution in [2.45, 2.75) is 6.61 Å². The highest BCUT2D eigenvalue weighted by molar-refractivity contribution is 6.32. The molecule has 0 fully saturated rings. The number of nitrogens with one attached hydrogen (secondary N) is 1. The zero-order chi connectivity index (χ0) is 23.1. The molecule has 1 N–H and O–H groups in total. The van der Waals surface area contributed by atoms with Crippen LogP contribution >= 0.6 is 23.2 Å². The number of carbonyl (C=O) groups is 1. The first kappa shape index (κ1) is 23.1. The summed E-state index contributed by atoms with van der Waals surface area (Å²) in [6.07, 6.45) is 1.38. The maximum atomic E-state index is 13.8. The molecular weight excluding hydrogens is 454 g/mol. The summed E-state index contributed by atoms with van der Waals surface area (Å²) >= 11 is 12.2. The summed E-state index contributed by atoms with van der Waals surface area (Å²) in [6, 6.07) is 17.7. The average Bonchev–Trinajstić information content (AvgIpc) is 2.78. The van der Waals surface area contributed by atoms with E-state index in [2.05, 4.69) is 5.32 Å². The molecular formula is C24H17Cl2FN2O3. The lowest BCUT2D eigenvalue weighted by molar-refractivity contribution is -0.112. The molecule has 0 spiro atoms. The van der Waals surface area contributed by atoms with Crippen molar-refractivity contribution in [3.63, 3.8) is 0 Å². The molecule has 0 saturated heterocycles. The van der Waals surface area contributed by atoms with Gasteiger partial charge in [0, 0.05) is 16.3 Å². The Balaban J connectivity index is 1.82. The fraction of sp³-hybridized carbons (Fsp3) is 0.0833. The zero-order valence-electron chi connectivity index (χ0n) is 16.9. The Morgan fingerprint density at radius 1 is 1.16 bits per heavy atom. The molecule has 0 saturated carbocycles. The van der Waals surface area contributed by atoms with Crippen LogP contribution in [0, 0.1) is 17.1 Å². The van der Waals surface area contributed by atoms with Gasteiger partial charge in [0.2, 0.25) is 0 Å². The molecule has 0 radical (unpaired) electrons. The number of methoxy groups -OCH3 is 1. The second-order valence-corrected chi connectivity index (χ2v) is 7.39. The summed E-state index contributed by atoms with van der Waals surface area (Å²) < 4.78 is 24.9. The average molecular weight is 471 g/mol.